The van der Waals surface area contributed by atoms with Crippen LogP contribution >= 0.6 is 0 Å². The second-order valence-electron chi connectivity index (χ2n) is 10.0. The molecule has 3 fully saturated rings. The van der Waals surface area contributed by atoms with Crippen LogP contribution in [0.2, 0.25) is 0 Å². The van der Waals surface area contributed by atoms with Crippen LogP contribution in [-0.2, 0) is 16.1 Å². The molecule has 0 bridgehead atoms. The van der Waals surface area contributed by atoms with Crippen molar-refractivity contribution in [2.24, 2.45) is 11.7 Å². The maximum atomic E-state index is 13.4. The van der Waals surface area contributed by atoms with Gasteiger partial charge in [0.15, 0.2) is 5.69 Å². The summed E-state index contributed by atoms with van der Waals surface area (Å²) >= 11 is 0. The average molecular weight is 473 g/mol. The second kappa shape index (κ2) is 8.48. The average Bonchev–Trinajstić information content (AvgIpc) is 3.20. The van der Waals surface area contributed by atoms with Crippen LogP contribution < -0.4 is 11.1 Å². The topological polar surface area (TPSA) is 123 Å². The zero-order valence-electron chi connectivity index (χ0n) is 19.3. The van der Waals surface area contributed by atoms with E-state index in [9.17, 15) is 14.4 Å². The number of aromatic nitrogens is 3. The van der Waals surface area contributed by atoms with E-state index in [4.69, 9.17) is 5.73 Å². The van der Waals surface area contributed by atoms with E-state index in [1.54, 1.807) is 23.4 Å². The molecule has 3 heterocycles. The van der Waals surface area contributed by atoms with Crippen molar-refractivity contribution in [2.75, 3.05) is 0 Å². The number of carbonyl (C=O) groups is 3. The van der Waals surface area contributed by atoms with Gasteiger partial charge in [-0.05, 0) is 55.6 Å². The maximum absolute atomic E-state index is 13.4. The van der Waals surface area contributed by atoms with Crippen LogP contribution in [0.4, 0.5) is 0 Å². The van der Waals surface area contributed by atoms with E-state index in [-0.39, 0.29) is 36.1 Å². The molecule has 2 aliphatic carbocycles. The molecular weight excluding hydrogens is 444 g/mol. The Morgan fingerprint density at radius 3 is 2.69 bits per heavy atom. The summed E-state index contributed by atoms with van der Waals surface area (Å²) in [6.07, 6.45) is 7.68. The normalized spacial score (nSPS) is 27.1. The highest BCUT2D eigenvalue weighted by Gasteiger charge is 2.56. The summed E-state index contributed by atoms with van der Waals surface area (Å²) in [6, 6.07) is 11.9. The minimum absolute atomic E-state index is 0.0610. The Kier molecular flexibility index (Phi) is 5.27. The Hall–Kier alpha value is -3.75. The number of hydrogen-bond acceptors (Lipinski definition) is 5. The van der Waals surface area contributed by atoms with E-state index in [0.717, 1.165) is 25.7 Å². The number of nitrogens with two attached hydrogens (primary N) is 1. The van der Waals surface area contributed by atoms with Crippen LogP contribution in [0.15, 0.2) is 48.8 Å². The smallest absolute Gasteiger partial charge is 0.269 e. The number of likely N-dealkylation sites (tertiary alicyclic amines) is 1. The minimum Gasteiger partial charge on any atom is -0.364 e. The molecule has 6 rings (SSSR count). The molecule has 3 aromatic rings. The van der Waals surface area contributed by atoms with E-state index in [1.165, 1.54) is 10.2 Å². The van der Waals surface area contributed by atoms with Crippen LogP contribution in [-0.4, -0.2) is 55.5 Å². The third-order valence-corrected chi connectivity index (χ3v) is 7.82. The molecule has 9 nitrogen and oxygen atoms in total. The first-order valence-electron chi connectivity index (χ1n) is 12.3. The van der Waals surface area contributed by atoms with Gasteiger partial charge in [-0.15, -0.1) is 0 Å². The third kappa shape index (κ3) is 3.94. The molecule has 1 aromatic carbocycles. The van der Waals surface area contributed by atoms with Gasteiger partial charge in [0, 0.05) is 23.7 Å². The number of hydrogen-bond donors (Lipinski definition) is 2. The standard InChI is InChI=1S/C26H28N6O3/c27-25(34)24-19-8-9-28-13-22(19)31(30-24)14-23(33)32-20-11-17(20)12-21(32)26(35)29-18-7-6-16(10-18)15-4-2-1-3-5-15/h1-5,8-9,13,16-18,20-21H,6-7,10-12,14H2,(H2,27,34)(H,29,35)/t16?,17-,18-,20-,21+/m1/s1. The van der Waals surface area contributed by atoms with Crippen molar-refractivity contribution in [2.45, 2.75) is 62.7 Å². The number of nitrogens with one attached hydrogen (secondary N) is 1. The van der Waals surface area contributed by atoms with Gasteiger partial charge in [0.2, 0.25) is 11.8 Å². The molecule has 3 aliphatic rings. The number of benzene rings is 1. The molecule has 2 aromatic heterocycles. The van der Waals surface area contributed by atoms with Gasteiger partial charge >= 0.3 is 0 Å². The molecule has 1 saturated heterocycles. The fourth-order valence-electron chi connectivity index (χ4n) is 6.02. The zero-order chi connectivity index (χ0) is 24.1. The molecule has 1 aliphatic heterocycles. The largest absolute Gasteiger partial charge is 0.364 e. The lowest BCUT2D eigenvalue weighted by atomic mass is 9.97. The molecule has 35 heavy (non-hydrogen) atoms. The Bertz CT molecular complexity index is 1300. The molecular formula is C26H28N6O3. The lowest BCUT2D eigenvalue weighted by Crippen LogP contribution is -2.50. The molecule has 3 amide bonds. The second-order valence-corrected chi connectivity index (χ2v) is 10.0. The highest BCUT2D eigenvalue weighted by Crippen LogP contribution is 2.48. The van der Waals surface area contributed by atoms with Crippen LogP contribution in [0.5, 0.6) is 0 Å². The van der Waals surface area contributed by atoms with Crippen molar-refractivity contribution in [1.82, 2.24) is 25.0 Å². The van der Waals surface area contributed by atoms with E-state index >= 15 is 0 Å². The van der Waals surface area contributed by atoms with Gasteiger partial charge in [0.05, 0.1) is 11.7 Å². The summed E-state index contributed by atoms with van der Waals surface area (Å²) < 4.78 is 1.47. The monoisotopic (exact) mass is 472 g/mol. The number of nitrogens with zero attached hydrogens (tertiary/aromatic N) is 4. The fraction of sp³-hybridized carbons (Fsp3) is 0.423. The van der Waals surface area contributed by atoms with Crippen LogP contribution in [0.1, 0.15) is 54.1 Å². The summed E-state index contributed by atoms with van der Waals surface area (Å²) in [6.45, 7) is -0.0675. The van der Waals surface area contributed by atoms with Gasteiger partial charge in [-0.2, -0.15) is 5.10 Å². The molecule has 1 unspecified atom stereocenters. The lowest BCUT2D eigenvalue weighted by Gasteiger charge is -2.28. The Morgan fingerprint density at radius 2 is 1.89 bits per heavy atom. The Morgan fingerprint density at radius 1 is 1.06 bits per heavy atom. The fourth-order valence-corrected chi connectivity index (χ4v) is 6.02. The highest BCUT2D eigenvalue weighted by molar-refractivity contribution is 6.04. The predicted molar refractivity (Wildman–Crippen MR) is 128 cm³/mol. The van der Waals surface area contributed by atoms with Gasteiger partial charge in [-0.1, -0.05) is 30.3 Å². The van der Waals surface area contributed by atoms with E-state index < -0.39 is 11.9 Å². The number of primary amides is 1. The summed E-state index contributed by atoms with van der Waals surface area (Å²) in [4.78, 5) is 44.4. The van der Waals surface area contributed by atoms with Crippen molar-refractivity contribution in [3.8, 4) is 0 Å². The molecule has 180 valence electrons. The molecule has 0 spiro atoms. The lowest BCUT2D eigenvalue weighted by molar-refractivity contribution is -0.140. The van der Waals surface area contributed by atoms with Crippen molar-refractivity contribution in [3.05, 3.63) is 60.0 Å². The Labute approximate surface area is 202 Å². The van der Waals surface area contributed by atoms with Crippen LogP contribution in [0, 0.1) is 5.92 Å². The number of pyridine rings is 1. The third-order valence-electron chi connectivity index (χ3n) is 7.82. The molecule has 2 saturated carbocycles. The SMILES string of the molecule is NC(=O)c1nn(CC(=O)N2[C@@H]3C[C@@H]3C[C@H]2C(=O)N[C@@H]2CCC(c3ccccc3)C2)c2cnccc12. The summed E-state index contributed by atoms with van der Waals surface area (Å²) in [7, 11) is 0. The van der Waals surface area contributed by atoms with E-state index in [2.05, 4.69) is 39.7 Å². The van der Waals surface area contributed by atoms with E-state index in [1.807, 2.05) is 6.07 Å². The van der Waals surface area contributed by atoms with Crippen molar-refractivity contribution in [1.29, 1.82) is 0 Å². The number of amides is 3. The first-order valence-corrected chi connectivity index (χ1v) is 12.3. The highest BCUT2D eigenvalue weighted by atomic mass is 16.2. The summed E-state index contributed by atoms with van der Waals surface area (Å²) in [5, 5.41) is 8.08. The minimum atomic E-state index is -0.654. The first-order chi connectivity index (χ1) is 17.0. The predicted octanol–water partition coefficient (Wildman–Crippen LogP) is 1.97. The first kappa shape index (κ1) is 21.8. The van der Waals surface area contributed by atoms with Crippen LogP contribution in [0.25, 0.3) is 10.9 Å². The summed E-state index contributed by atoms with van der Waals surface area (Å²) in [5.41, 5.74) is 7.48. The van der Waals surface area contributed by atoms with E-state index in [0.29, 0.717) is 29.2 Å². The van der Waals surface area contributed by atoms with Crippen molar-refractivity contribution in [3.63, 3.8) is 0 Å². The zero-order valence-corrected chi connectivity index (χ0v) is 19.3. The number of piperidine rings is 1. The van der Waals surface area contributed by atoms with Gasteiger partial charge in [0.25, 0.3) is 5.91 Å². The summed E-state index contributed by atoms with van der Waals surface area (Å²) in [5.74, 6) is -0.0505. The molecule has 5 atom stereocenters. The quantitative estimate of drug-likeness (QED) is 0.568. The number of fused-ring (bicyclic) bond motifs is 2. The van der Waals surface area contributed by atoms with Gasteiger partial charge in [-0.25, -0.2) is 0 Å². The number of carbonyl (C=O) groups excluding carboxylic acids is 3. The molecule has 3 N–H and O–H groups in total. The molecule has 9 heteroatoms. The van der Waals surface area contributed by atoms with Gasteiger partial charge in [-0.3, -0.25) is 24.0 Å². The maximum Gasteiger partial charge on any atom is 0.269 e. The Balaban J connectivity index is 1.15. The van der Waals surface area contributed by atoms with Gasteiger partial charge < -0.3 is 16.0 Å². The van der Waals surface area contributed by atoms with Gasteiger partial charge in [0.1, 0.15) is 12.6 Å². The van der Waals surface area contributed by atoms with Crippen molar-refractivity contribution < 1.29 is 14.4 Å². The van der Waals surface area contributed by atoms with Crippen molar-refractivity contribution >= 4 is 28.6 Å². The van der Waals surface area contributed by atoms with Crippen LogP contribution in [0.3, 0.4) is 0 Å². The molecule has 0 radical (unpaired) electrons. The number of rotatable bonds is 6.